The van der Waals surface area contributed by atoms with Gasteiger partial charge in [-0.05, 0) is 18.2 Å². The van der Waals surface area contributed by atoms with Crippen molar-refractivity contribution in [2.24, 2.45) is 0 Å². The van der Waals surface area contributed by atoms with E-state index in [9.17, 15) is 13.6 Å². The number of rotatable bonds is 3. The van der Waals surface area contributed by atoms with Crippen molar-refractivity contribution in [2.45, 2.75) is 0 Å². The van der Waals surface area contributed by atoms with Crippen LogP contribution in [0.1, 0.15) is 10.4 Å². The minimum atomic E-state index is -1.08. The molecule has 0 radical (unpaired) electrons. The monoisotopic (exact) mass is 235 g/mol. The Morgan fingerprint density at radius 2 is 2.06 bits per heavy atom. The quantitative estimate of drug-likeness (QED) is 0.768. The highest BCUT2D eigenvalue weighted by Gasteiger charge is 2.09. The van der Waals surface area contributed by atoms with Gasteiger partial charge in [0, 0.05) is 11.8 Å². The molecule has 0 bridgehead atoms. The van der Waals surface area contributed by atoms with E-state index in [1.54, 1.807) is 0 Å². The molecule has 17 heavy (non-hydrogen) atoms. The summed E-state index contributed by atoms with van der Waals surface area (Å²) >= 11 is 0. The zero-order valence-corrected chi connectivity index (χ0v) is 8.56. The summed E-state index contributed by atoms with van der Waals surface area (Å²) in [5.74, 6) is -2.17. The second-order valence-corrected chi connectivity index (χ2v) is 3.23. The van der Waals surface area contributed by atoms with Crippen LogP contribution < -0.4 is 4.74 Å². The first-order chi connectivity index (χ1) is 8.20. The summed E-state index contributed by atoms with van der Waals surface area (Å²) in [6.07, 6.45) is 3.22. The molecule has 1 heterocycles. The van der Waals surface area contributed by atoms with Crippen LogP contribution in [0.4, 0.5) is 8.78 Å². The fourth-order valence-electron chi connectivity index (χ4n) is 1.25. The average Bonchev–Trinajstić information content (AvgIpc) is 2.35. The SMILES string of the molecule is O=Cc1cncc(Oc2cccc(F)c2F)c1. The highest BCUT2D eigenvalue weighted by atomic mass is 19.2. The fraction of sp³-hybridized carbons (Fsp3) is 0. The second-order valence-electron chi connectivity index (χ2n) is 3.23. The van der Waals surface area contributed by atoms with Gasteiger partial charge in [-0.3, -0.25) is 9.78 Å². The molecule has 3 nitrogen and oxygen atoms in total. The Bertz CT molecular complexity index is 558. The summed E-state index contributed by atoms with van der Waals surface area (Å²) in [4.78, 5) is 14.2. The number of pyridine rings is 1. The number of carbonyl (C=O) groups is 1. The number of halogens is 2. The van der Waals surface area contributed by atoms with Gasteiger partial charge >= 0.3 is 0 Å². The topological polar surface area (TPSA) is 39.2 Å². The van der Waals surface area contributed by atoms with Gasteiger partial charge in [0.1, 0.15) is 5.75 Å². The van der Waals surface area contributed by atoms with Gasteiger partial charge in [0.05, 0.1) is 6.20 Å². The lowest BCUT2D eigenvalue weighted by molar-refractivity contribution is 0.112. The van der Waals surface area contributed by atoms with Crippen LogP contribution in [0.3, 0.4) is 0 Å². The molecule has 0 aliphatic rings. The molecule has 0 aliphatic heterocycles. The van der Waals surface area contributed by atoms with Crippen molar-refractivity contribution in [1.29, 1.82) is 0 Å². The molecule has 0 aliphatic carbocycles. The van der Waals surface area contributed by atoms with E-state index >= 15 is 0 Å². The molecule has 1 aromatic heterocycles. The van der Waals surface area contributed by atoms with Crippen molar-refractivity contribution < 1.29 is 18.3 Å². The highest BCUT2D eigenvalue weighted by molar-refractivity contribution is 5.74. The van der Waals surface area contributed by atoms with Crippen LogP contribution in [0.2, 0.25) is 0 Å². The van der Waals surface area contributed by atoms with Crippen LogP contribution in [0, 0.1) is 11.6 Å². The number of nitrogens with zero attached hydrogens (tertiary/aromatic N) is 1. The van der Waals surface area contributed by atoms with Crippen LogP contribution in [-0.4, -0.2) is 11.3 Å². The third-order valence-corrected chi connectivity index (χ3v) is 2.01. The van der Waals surface area contributed by atoms with Gasteiger partial charge < -0.3 is 4.74 Å². The summed E-state index contributed by atoms with van der Waals surface area (Å²) in [5.41, 5.74) is 0.291. The molecule has 86 valence electrons. The van der Waals surface area contributed by atoms with Gasteiger partial charge in [-0.15, -0.1) is 0 Å². The normalized spacial score (nSPS) is 10.0. The van der Waals surface area contributed by atoms with Crippen molar-refractivity contribution in [3.05, 3.63) is 53.9 Å². The molecule has 0 saturated heterocycles. The molecule has 0 atom stereocenters. The molecule has 1 aromatic carbocycles. The zero-order valence-electron chi connectivity index (χ0n) is 8.56. The number of aromatic nitrogens is 1. The maximum absolute atomic E-state index is 13.3. The van der Waals surface area contributed by atoms with Crippen molar-refractivity contribution in [2.75, 3.05) is 0 Å². The summed E-state index contributed by atoms with van der Waals surface area (Å²) in [6.45, 7) is 0. The zero-order chi connectivity index (χ0) is 12.3. The first-order valence-electron chi connectivity index (χ1n) is 4.73. The van der Waals surface area contributed by atoms with Crippen molar-refractivity contribution >= 4 is 6.29 Å². The minimum absolute atomic E-state index is 0.166. The molecule has 0 N–H and O–H groups in total. The average molecular weight is 235 g/mol. The maximum Gasteiger partial charge on any atom is 0.201 e. The Morgan fingerprint density at radius 3 is 2.82 bits per heavy atom. The van der Waals surface area contributed by atoms with E-state index in [-0.39, 0.29) is 11.5 Å². The largest absolute Gasteiger partial charge is 0.453 e. The number of ether oxygens (including phenoxy) is 1. The summed E-state index contributed by atoms with van der Waals surface area (Å²) in [7, 11) is 0. The Balaban J connectivity index is 2.31. The van der Waals surface area contributed by atoms with Gasteiger partial charge in [-0.25, -0.2) is 4.39 Å². The Labute approximate surface area is 95.7 Å². The predicted molar refractivity (Wildman–Crippen MR) is 56.1 cm³/mol. The van der Waals surface area contributed by atoms with Gasteiger partial charge in [0.15, 0.2) is 17.9 Å². The number of hydrogen-bond donors (Lipinski definition) is 0. The fourth-order valence-corrected chi connectivity index (χ4v) is 1.25. The van der Waals surface area contributed by atoms with Crippen LogP contribution in [0.5, 0.6) is 11.5 Å². The van der Waals surface area contributed by atoms with E-state index in [1.807, 2.05) is 0 Å². The van der Waals surface area contributed by atoms with E-state index in [0.717, 1.165) is 6.07 Å². The number of hydrogen-bond acceptors (Lipinski definition) is 3. The lowest BCUT2D eigenvalue weighted by atomic mass is 10.3. The summed E-state index contributed by atoms with van der Waals surface area (Å²) < 4.78 is 31.3. The number of benzene rings is 1. The second kappa shape index (κ2) is 4.69. The van der Waals surface area contributed by atoms with Crippen molar-refractivity contribution in [3.8, 4) is 11.5 Å². The molecule has 0 saturated carbocycles. The lowest BCUT2D eigenvalue weighted by Crippen LogP contribution is -1.93. The van der Waals surface area contributed by atoms with E-state index in [0.29, 0.717) is 11.8 Å². The van der Waals surface area contributed by atoms with Crippen molar-refractivity contribution in [1.82, 2.24) is 4.98 Å². The highest BCUT2D eigenvalue weighted by Crippen LogP contribution is 2.25. The maximum atomic E-state index is 13.3. The molecule has 0 unspecified atom stereocenters. The summed E-state index contributed by atoms with van der Waals surface area (Å²) in [6, 6.07) is 4.98. The Morgan fingerprint density at radius 1 is 1.24 bits per heavy atom. The van der Waals surface area contributed by atoms with Crippen LogP contribution in [0.15, 0.2) is 36.7 Å². The van der Waals surface area contributed by atoms with E-state index in [4.69, 9.17) is 4.74 Å². The molecule has 0 fully saturated rings. The van der Waals surface area contributed by atoms with E-state index < -0.39 is 11.6 Å². The molecule has 0 spiro atoms. The third kappa shape index (κ3) is 2.44. The van der Waals surface area contributed by atoms with Crippen LogP contribution >= 0.6 is 0 Å². The standard InChI is InChI=1S/C12H7F2NO2/c13-10-2-1-3-11(12(10)14)17-9-4-8(7-16)5-15-6-9/h1-7H. The van der Waals surface area contributed by atoms with E-state index in [2.05, 4.69) is 4.98 Å². The van der Waals surface area contributed by atoms with Crippen molar-refractivity contribution in [3.63, 3.8) is 0 Å². The van der Waals surface area contributed by atoms with Crippen LogP contribution in [-0.2, 0) is 0 Å². The Hall–Kier alpha value is -2.30. The number of aldehydes is 1. The predicted octanol–water partition coefficient (Wildman–Crippen LogP) is 2.96. The molecule has 2 rings (SSSR count). The van der Waals surface area contributed by atoms with E-state index in [1.165, 1.54) is 30.6 Å². The van der Waals surface area contributed by atoms with Gasteiger partial charge in [-0.1, -0.05) is 6.07 Å². The third-order valence-electron chi connectivity index (χ3n) is 2.01. The Kier molecular flexibility index (Phi) is 3.09. The van der Waals surface area contributed by atoms with Crippen LogP contribution in [0.25, 0.3) is 0 Å². The lowest BCUT2D eigenvalue weighted by Gasteiger charge is -2.06. The van der Waals surface area contributed by atoms with Gasteiger partial charge in [0.25, 0.3) is 0 Å². The summed E-state index contributed by atoms with van der Waals surface area (Å²) in [5, 5.41) is 0. The molecule has 0 amide bonds. The molecule has 2 aromatic rings. The molecular formula is C12H7F2NO2. The minimum Gasteiger partial charge on any atom is -0.453 e. The van der Waals surface area contributed by atoms with Gasteiger partial charge in [-0.2, -0.15) is 4.39 Å². The molecular weight excluding hydrogens is 228 g/mol. The first-order valence-corrected chi connectivity index (χ1v) is 4.73. The first kappa shape index (κ1) is 11.2. The smallest absolute Gasteiger partial charge is 0.201 e. The molecule has 5 heteroatoms. The van der Waals surface area contributed by atoms with Gasteiger partial charge in [0.2, 0.25) is 5.82 Å². The number of carbonyl (C=O) groups excluding carboxylic acids is 1.